The van der Waals surface area contributed by atoms with Crippen LogP contribution in [0.2, 0.25) is 0 Å². The number of hydrogen-bond donors (Lipinski definition) is 0. The van der Waals surface area contributed by atoms with Crippen molar-refractivity contribution in [2.75, 3.05) is 4.43 Å². The summed E-state index contributed by atoms with van der Waals surface area (Å²) in [4.78, 5) is 0. The van der Waals surface area contributed by atoms with Crippen molar-refractivity contribution < 1.29 is 0 Å². The van der Waals surface area contributed by atoms with E-state index in [0.29, 0.717) is 12.6 Å². The highest BCUT2D eigenvalue weighted by Gasteiger charge is 1.67. The summed E-state index contributed by atoms with van der Waals surface area (Å²) in [6, 6.07) is 0. The molecule has 6 heavy (non-hydrogen) atoms. The van der Waals surface area contributed by atoms with Crippen LogP contribution in [0, 0.1) is 0 Å². The molecule has 0 bridgehead atoms. The molecule has 3 heteroatoms. The van der Waals surface area contributed by atoms with Gasteiger partial charge >= 0.3 is 0 Å². The summed E-state index contributed by atoms with van der Waals surface area (Å²) >= 11 is 3.98. The summed E-state index contributed by atoms with van der Waals surface area (Å²) in [5, 5.41) is 0. The molecule has 0 aliphatic heterocycles. The van der Waals surface area contributed by atoms with E-state index in [1.54, 1.807) is 4.43 Å². The molecular formula is C3H7I3. The maximum Gasteiger partial charge on any atom is -0.0000912 e. The molecule has 0 spiro atoms. The molecule has 0 radical (unpaired) electrons. The van der Waals surface area contributed by atoms with Crippen LogP contribution in [0.15, 0.2) is 0 Å². The Kier molecular flexibility index (Phi) is 9.81. The fraction of sp³-hybridized carbons (Fsp3) is 1.00. The van der Waals surface area contributed by atoms with Gasteiger partial charge in [0.05, 0.1) is 0 Å². The lowest BCUT2D eigenvalue weighted by Gasteiger charge is -1.73. The molecule has 0 aromatic rings. The van der Waals surface area contributed by atoms with Crippen LogP contribution in [-0.4, -0.2) is 4.43 Å². The number of halogens is 3. The second kappa shape index (κ2) is 7.19. The van der Waals surface area contributed by atoms with Crippen molar-refractivity contribution in [2.45, 2.75) is 13.3 Å². The average molecular weight is 424 g/mol. The molecule has 0 unspecified atom stereocenters. The Hall–Kier alpha value is 2.19. The van der Waals surface area contributed by atoms with Gasteiger partial charge in [0.1, 0.15) is 0 Å². The van der Waals surface area contributed by atoms with Gasteiger partial charge in [-0.3, -0.25) is 0 Å². The quantitative estimate of drug-likeness (QED) is 0.470. The van der Waals surface area contributed by atoms with Crippen LogP contribution < -0.4 is 0 Å². The van der Waals surface area contributed by atoms with Gasteiger partial charge in [-0.2, -0.15) is 0 Å². The molecule has 0 nitrogen and oxygen atoms in total. The first-order valence-corrected chi connectivity index (χ1v) is 15.9. The number of rotatable bonds is 2. The minimum atomic E-state index is 0.681. The van der Waals surface area contributed by atoms with Gasteiger partial charge in [-0.1, -0.05) is 23.5 Å². The van der Waals surface area contributed by atoms with E-state index < -0.39 is 0 Å². The number of alkyl halides is 1. The predicted octanol–water partition coefficient (Wildman–Crippen LogP) is 3.60. The Morgan fingerprint density at radius 1 is 1.67 bits per heavy atom. The highest BCUT2D eigenvalue weighted by atomic mass is 128. The van der Waals surface area contributed by atoms with Crippen LogP contribution in [0.5, 0.6) is 0 Å². The van der Waals surface area contributed by atoms with Crippen molar-refractivity contribution in [3.8, 4) is 0 Å². The van der Waals surface area contributed by atoms with E-state index in [1.165, 1.54) is 6.42 Å². The van der Waals surface area contributed by atoms with E-state index in [-0.39, 0.29) is 0 Å². The van der Waals surface area contributed by atoms with Crippen LogP contribution in [0.25, 0.3) is 0 Å². The molecule has 0 atom stereocenters. The summed E-state index contributed by atoms with van der Waals surface area (Å²) < 4.78 is 1.56. The first kappa shape index (κ1) is 8.19. The standard InChI is InChI=1S/C3H7I3/c1-2-3-5-6-4/h2-3H2,1H3. The minimum Gasteiger partial charge on any atom is -0.0754 e. The Morgan fingerprint density at radius 2 is 2.33 bits per heavy atom. The van der Waals surface area contributed by atoms with Crippen molar-refractivity contribution in [2.24, 2.45) is 0 Å². The van der Waals surface area contributed by atoms with Crippen molar-refractivity contribution in [3.05, 3.63) is 0 Å². The van der Waals surface area contributed by atoms with E-state index in [0.717, 1.165) is 16.6 Å². The van der Waals surface area contributed by atoms with E-state index in [4.69, 9.17) is 0 Å². The maximum atomic E-state index is 2.57. The Bertz CT molecular complexity index is 41.3. The highest BCUT2D eigenvalue weighted by Crippen LogP contribution is 2.24. The molecule has 0 fully saturated rings. The molecule has 0 rings (SSSR count). The Labute approximate surface area is 64.3 Å². The van der Waals surface area contributed by atoms with Crippen molar-refractivity contribution in [3.63, 3.8) is 0 Å². The molecule has 0 heterocycles. The zero-order valence-corrected chi connectivity index (χ0v) is 10.0. The fourth-order valence-corrected chi connectivity index (χ4v) is 11.4. The molecule has 0 N–H and O–H groups in total. The van der Waals surface area contributed by atoms with Gasteiger partial charge in [0.25, 0.3) is 0 Å². The SMILES string of the molecule is CCCI=II. The predicted molar refractivity (Wildman–Crippen MR) is 57.2 cm³/mol. The molecule has 0 saturated carbocycles. The van der Waals surface area contributed by atoms with Gasteiger partial charge in [0.2, 0.25) is 0 Å². The van der Waals surface area contributed by atoms with Crippen molar-refractivity contribution in [1.82, 2.24) is 0 Å². The zero-order valence-electron chi connectivity index (χ0n) is 3.55. The van der Waals surface area contributed by atoms with Gasteiger partial charge < -0.3 is 0 Å². The largest absolute Gasteiger partial charge is 0.0754 e. The Morgan fingerprint density at radius 3 is 2.50 bits per heavy atom. The van der Waals surface area contributed by atoms with Crippen LogP contribution in [-0.2, 0) is 0 Å². The van der Waals surface area contributed by atoms with Crippen LogP contribution in [0.3, 0.4) is 0 Å². The van der Waals surface area contributed by atoms with Crippen LogP contribution in [0.4, 0.5) is 0 Å². The lowest BCUT2D eigenvalue weighted by Crippen LogP contribution is -1.56. The molecule has 0 aliphatic rings. The minimum absolute atomic E-state index is 0.681. The fourth-order valence-electron chi connectivity index (χ4n) is 0.0984. The van der Waals surface area contributed by atoms with Crippen molar-refractivity contribution >= 4 is 47.8 Å². The van der Waals surface area contributed by atoms with E-state index in [1.807, 2.05) is 0 Å². The second-order valence-corrected chi connectivity index (χ2v) is 22.6. The third-order valence-electron chi connectivity index (χ3n) is 0.299. The third-order valence-corrected chi connectivity index (χ3v) is 16.0. The maximum absolute atomic E-state index is 2.57. The summed E-state index contributed by atoms with van der Waals surface area (Å²) in [5.41, 5.74) is 0. The van der Waals surface area contributed by atoms with Gasteiger partial charge in [-0.15, -0.1) is 0 Å². The monoisotopic (exact) mass is 424 g/mol. The lowest BCUT2D eigenvalue weighted by atomic mass is 10.6. The van der Waals surface area contributed by atoms with Gasteiger partial charge in [-0.25, -0.2) is 0 Å². The molecular weight excluding hydrogens is 417 g/mol. The van der Waals surface area contributed by atoms with Crippen LogP contribution in [0.1, 0.15) is 13.3 Å². The molecule has 40 valence electrons. The molecule has 0 aliphatic carbocycles. The third kappa shape index (κ3) is 6.19. The van der Waals surface area contributed by atoms with Gasteiger partial charge in [0.15, 0.2) is 0 Å². The molecule has 0 saturated heterocycles. The Balaban J connectivity index is 2.66. The topological polar surface area (TPSA) is 0 Å². The van der Waals surface area contributed by atoms with Crippen molar-refractivity contribution in [1.29, 1.82) is 0 Å². The summed E-state index contributed by atoms with van der Waals surface area (Å²) in [6.45, 7) is 2.27. The first-order chi connectivity index (χ1) is 2.91. The van der Waals surface area contributed by atoms with Gasteiger partial charge in [-0.05, 0) is 42.1 Å². The van der Waals surface area contributed by atoms with E-state index in [9.17, 15) is 0 Å². The molecule has 0 amide bonds. The normalized spacial score (nSPS) is 13.0. The zero-order chi connectivity index (χ0) is 4.83. The summed E-state index contributed by atoms with van der Waals surface area (Å²) in [7, 11) is 0. The van der Waals surface area contributed by atoms with E-state index >= 15 is 0 Å². The molecule has 0 aromatic carbocycles. The average Bonchev–Trinajstić information content (AvgIpc) is 1.61. The lowest BCUT2D eigenvalue weighted by molar-refractivity contribution is 1.13. The summed E-state index contributed by atoms with van der Waals surface area (Å²) in [6.07, 6.45) is 1.43. The summed E-state index contributed by atoms with van der Waals surface area (Å²) in [5.74, 6) is 0. The van der Waals surface area contributed by atoms with E-state index in [2.05, 4.69) is 25.5 Å². The molecule has 0 aromatic heterocycles. The smallest absolute Gasteiger partial charge is 0.0000912 e. The van der Waals surface area contributed by atoms with Crippen LogP contribution >= 0.6 is 47.8 Å². The first-order valence-electron chi connectivity index (χ1n) is 1.76. The highest BCUT2D eigenvalue weighted by molar-refractivity contribution is 15.3. The second-order valence-electron chi connectivity index (χ2n) is 0.844. The van der Waals surface area contributed by atoms with Gasteiger partial charge in [0, 0.05) is 0 Å². The number of hydrogen-bond acceptors (Lipinski definition) is 0.